The lowest BCUT2D eigenvalue weighted by Crippen LogP contribution is -2.75. The SMILES string of the molecule is O=C(O[C@@]1(O)[C@@H](C(O)C(=O)c2ccccc2)OC[C@H](O)C1(O)O)c1ccccc1. The van der Waals surface area contributed by atoms with Gasteiger partial charge in [-0.3, -0.25) is 4.79 Å². The summed E-state index contributed by atoms with van der Waals surface area (Å²) >= 11 is 0. The number of hydrogen-bond donors (Lipinski definition) is 5. The Morgan fingerprint density at radius 2 is 1.48 bits per heavy atom. The molecule has 154 valence electrons. The molecule has 1 heterocycles. The first kappa shape index (κ1) is 21.1. The molecule has 5 N–H and O–H groups in total. The summed E-state index contributed by atoms with van der Waals surface area (Å²) in [7, 11) is 0. The van der Waals surface area contributed by atoms with E-state index >= 15 is 0 Å². The van der Waals surface area contributed by atoms with Crippen molar-refractivity contribution < 1.29 is 44.6 Å². The fraction of sp³-hybridized carbons (Fsp3) is 0.300. The summed E-state index contributed by atoms with van der Waals surface area (Å²) in [5.41, 5.74) is -0.00708. The number of ketones is 1. The molecule has 1 fully saturated rings. The molecule has 29 heavy (non-hydrogen) atoms. The molecule has 1 saturated heterocycles. The predicted octanol–water partition coefficient (Wildman–Crippen LogP) is -0.784. The van der Waals surface area contributed by atoms with Crippen LogP contribution < -0.4 is 0 Å². The van der Waals surface area contributed by atoms with E-state index in [2.05, 4.69) is 0 Å². The fourth-order valence-electron chi connectivity index (χ4n) is 3.00. The second kappa shape index (κ2) is 7.99. The van der Waals surface area contributed by atoms with Crippen molar-refractivity contribution in [2.45, 2.75) is 29.9 Å². The molecule has 0 bridgehead atoms. The molecular weight excluding hydrogens is 384 g/mol. The third-order valence-corrected chi connectivity index (χ3v) is 4.68. The Morgan fingerprint density at radius 3 is 2.03 bits per heavy atom. The van der Waals surface area contributed by atoms with Crippen LogP contribution in [0.4, 0.5) is 0 Å². The second-order valence-electron chi connectivity index (χ2n) is 6.62. The Morgan fingerprint density at radius 1 is 0.966 bits per heavy atom. The molecule has 1 aliphatic heterocycles. The average Bonchev–Trinajstić information content (AvgIpc) is 2.73. The zero-order valence-electron chi connectivity index (χ0n) is 15.1. The maximum absolute atomic E-state index is 12.6. The van der Waals surface area contributed by atoms with Crippen LogP contribution in [0.2, 0.25) is 0 Å². The van der Waals surface area contributed by atoms with Crippen LogP contribution in [0.5, 0.6) is 0 Å². The van der Waals surface area contributed by atoms with Gasteiger partial charge in [-0.25, -0.2) is 4.79 Å². The largest absolute Gasteiger partial charge is 0.420 e. The van der Waals surface area contributed by atoms with Crippen LogP contribution in [0, 0.1) is 0 Å². The first-order valence-corrected chi connectivity index (χ1v) is 8.71. The van der Waals surface area contributed by atoms with E-state index in [1.54, 1.807) is 12.1 Å². The number of carbonyl (C=O) groups excluding carboxylic acids is 2. The lowest BCUT2D eigenvalue weighted by molar-refractivity contribution is -0.438. The number of rotatable bonds is 5. The van der Waals surface area contributed by atoms with Gasteiger partial charge in [-0.1, -0.05) is 48.5 Å². The lowest BCUT2D eigenvalue weighted by Gasteiger charge is -2.49. The summed E-state index contributed by atoms with van der Waals surface area (Å²) in [4.78, 5) is 25.0. The summed E-state index contributed by atoms with van der Waals surface area (Å²) in [5.74, 6) is -8.90. The highest BCUT2D eigenvalue weighted by atomic mass is 16.7. The molecule has 9 heteroatoms. The Hall–Kier alpha value is -2.66. The topological polar surface area (TPSA) is 154 Å². The number of hydrogen-bond acceptors (Lipinski definition) is 9. The zero-order chi connectivity index (χ0) is 21.2. The molecule has 2 aromatic rings. The lowest BCUT2D eigenvalue weighted by atomic mass is 9.86. The molecule has 0 saturated carbocycles. The minimum atomic E-state index is -3.43. The minimum absolute atomic E-state index is 0.0490. The molecule has 0 spiro atoms. The Balaban J connectivity index is 1.95. The Kier molecular flexibility index (Phi) is 5.80. The van der Waals surface area contributed by atoms with E-state index in [1.807, 2.05) is 0 Å². The standard InChI is InChI=1S/C20H20O9/c21-14-11-28-17(16(23)15(22)12-7-3-1-4-8-12)20(27,19(14,25)26)29-18(24)13-9-5-2-6-10-13/h1-10,14,16-17,21,23,25-27H,11H2/t14-,16?,17+,20-/m0/s1. The number of ether oxygens (including phenoxy) is 2. The quantitative estimate of drug-likeness (QED) is 0.245. The van der Waals surface area contributed by atoms with E-state index in [0.29, 0.717) is 0 Å². The molecule has 1 unspecified atom stereocenters. The van der Waals surface area contributed by atoms with Gasteiger partial charge >= 0.3 is 5.97 Å². The maximum atomic E-state index is 12.6. The van der Waals surface area contributed by atoms with Gasteiger partial charge in [0.25, 0.3) is 11.6 Å². The number of carbonyl (C=O) groups is 2. The van der Waals surface area contributed by atoms with Crippen LogP contribution in [-0.4, -0.2) is 73.8 Å². The monoisotopic (exact) mass is 404 g/mol. The van der Waals surface area contributed by atoms with E-state index in [-0.39, 0.29) is 11.1 Å². The predicted molar refractivity (Wildman–Crippen MR) is 96.5 cm³/mol. The van der Waals surface area contributed by atoms with Gasteiger partial charge in [-0.15, -0.1) is 0 Å². The fourth-order valence-corrected chi connectivity index (χ4v) is 3.00. The zero-order valence-corrected chi connectivity index (χ0v) is 15.1. The molecule has 0 amide bonds. The van der Waals surface area contributed by atoms with Crippen molar-refractivity contribution in [1.29, 1.82) is 0 Å². The molecule has 4 atom stereocenters. The van der Waals surface area contributed by atoms with Crippen molar-refractivity contribution in [2.24, 2.45) is 0 Å². The third kappa shape index (κ3) is 3.79. The first-order valence-electron chi connectivity index (χ1n) is 8.71. The highest BCUT2D eigenvalue weighted by molar-refractivity contribution is 5.99. The summed E-state index contributed by atoms with van der Waals surface area (Å²) in [6.07, 6.45) is -6.33. The Bertz CT molecular complexity index is 868. The third-order valence-electron chi connectivity index (χ3n) is 4.68. The van der Waals surface area contributed by atoms with E-state index in [4.69, 9.17) is 9.47 Å². The van der Waals surface area contributed by atoms with Crippen molar-refractivity contribution in [2.75, 3.05) is 6.61 Å². The number of aliphatic hydroxyl groups is 5. The number of aliphatic hydroxyl groups excluding tert-OH is 2. The minimum Gasteiger partial charge on any atom is -0.420 e. The number of benzene rings is 2. The highest BCUT2D eigenvalue weighted by Gasteiger charge is 2.67. The Labute approximate surface area is 165 Å². The van der Waals surface area contributed by atoms with Crippen LogP contribution in [-0.2, 0) is 9.47 Å². The summed E-state index contributed by atoms with van der Waals surface area (Å²) in [5, 5.41) is 51.9. The van der Waals surface area contributed by atoms with E-state index in [1.165, 1.54) is 48.5 Å². The van der Waals surface area contributed by atoms with Gasteiger partial charge in [0.1, 0.15) is 12.2 Å². The van der Waals surface area contributed by atoms with Crippen LogP contribution in [0.15, 0.2) is 60.7 Å². The molecule has 0 radical (unpaired) electrons. The van der Waals surface area contributed by atoms with Crippen LogP contribution in [0.1, 0.15) is 20.7 Å². The van der Waals surface area contributed by atoms with Gasteiger partial charge in [-0.2, -0.15) is 0 Å². The summed E-state index contributed by atoms with van der Waals surface area (Å²) in [6.45, 7) is -0.748. The molecule has 9 nitrogen and oxygen atoms in total. The number of esters is 1. The van der Waals surface area contributed by atoms with Gasteiger partial charge < -0.3 is 35.0 Å². The summed E-state index contributed by atoms with van der Waals surface area (Å²) in [6, 6.07) is 14.8. The van der Waals surface area contributed by atoms with Crippen molar-refractivity contribution in [3.8, 4) is 0 Å². The number of Topliss-reactive ketones (excluding diaryl/α,β-unsaturated/α-hetero) is 1. The van der Waals surface area contributed by atoms with Gasteiger partial charge in [0.2, 0.25) is 0 Å². The smallest absolute Gasteiger partial charge is 0.340 e. The van der Waals surface area contributed by atoms with Gasteiger partial charge in [0.15, 0.2) is 11.9 Å². The van der Waals surface area contributed by atoms with Crippen molar-refractivity contribution in [3.63, 3.8) is 0 Å². The van der Waals surface area contributed by atoms with Gasteiger partial charge in [0.05, 0.1) is 12.2 Å². The van der Waals surface area contributed by atoms with Crippen molar-refractivity contribution in [1.82, 2.24) is 0 Å². The van der Waals surface area contributed by atoms with E-state index in [9.17, 15) is 35.1 Å². The van der Waals surface area contributed by atoms with Crippen molar-refractivity contribution >= 4 is 11.8 Å². The molecule has 0 aliphatic carbocycles. The second-order valence-corrected chi connectivity index (χ2v) is 6.62. The van der Waals surface area contributed by atoms with Gasteiger partial charge in [0, 0.05) is 5.56 Å². The van der Waals surface area contributed by atoms with Crippen LogP contribution in [0.25, 0.3) is 0 Å². The van der Waals surface area contributed by atoms with E-state index in [0.717, 1.165) is 0 Å². The molecule has 3 rings (SSSR count). The van der Waals surface area contributed by atoms with Crippen LogP contribution >= 0.6 is 0 Å². The van der Waals surface area contributed by atoms with Crippen LogP contribution in [0.3, 0.4) is 0 Å². The van der Waals surface area contributed by atoms with Gasteiger partial charge in [-0.05, 0) is 12.1 Å². The average molecular weight is 404 g/mol. The highest BCUT2D eigenvalue weighted by Crippen LogP contribution is 2.37. The maximum Gasteiger partial charge on any atom is 0.340 e. The first-order chi connectivity index (χ1) is 13.7. The van der Waals surface area contributed by atoms with Crippen molar-refractivity contribution in [3.05, 3.63) is 71.8 Å². The normalized spacial score (nSPS) is 27.1. The molecule has 0 aromatic heterocycles. The molecule has 1 aliphatic rings. The van der Waals surface area contributed by atoms with E-state index < -0.39 is 48.2 Å². The summed E-state index contributed by atoms with van der Waals surface area (Å²) < 4.78 is 10.0. The molecular formula is C20H20O9. The molecule has 2 aromatic carbocycles.